The third kappa shape index (κ3) is 5.60. The number of hydrogen-bond acceptors (Lipinski definition) is 6. The number of rotatable bonds is 6. The lowest BCUT2D eigenvalue weighted by molar-refractivity contribution is -0.117. The number of amides is 1. The SMILES string of the molecule is O=C(CN1CCN(c2cccc(Cl)c2)CC1)Nc1cccc(S(=O)(=O)N2CCOCC2)c1. The van der Waals surface area contributed by atoms with Gasteiger partial charge in [0.2, 0.25) is 15.9 Å². The third-order valence-corrected chi connectivity index (χ3v) is 7.77. The molecule has 2 saturated heterocycles. The van der Waals surface area contributed by atoms with Crippen LogP contribution in [0.25, 0.3) is 0 Å². The summed E-state index contributed by atoms with van der Waals surface area (Å²) in [6.45, 7) is 4.82. The van der Waals surface area contributed by atoms with E-state index in [4.69, 9.17) is 16.3 Å². The van der Waals surface area contributed by atoms with Gasteiger partial charge in [0.15, 0.2) is 0 Å². The topological polar surface area (TPSA) is 82.2 Å². The van der Waals surface area contributed by atoms with Crippen molar-refractivity contribution in [3.05, 3.63) is 53.6 Å². The van der Waals surface area contributed by atoms with Gasteiger partial charge >= 0.3 is 0 Å². The fraction of sp³-hybridized carbons (Fsp3) is 0.409. The molecule has 0 bridgehead atoms. The number of nitrogens with one attached hydrogen (secondary N) is 1. The molecule has 1 N–H and O–H groups in total. The Morgan fingerprint density at radius 3 is 2.41 bits per heavy atom. The zero-order valence-electron chi connectivity index (χ0n) is 17.7. The van der Waals surface area contributed by atoms with Crippen LogP contribution in [0.5, 0.6) is 0 Å². The standard InChI is InChI=1S/C22H27ClN4O4S/c23-18-3-1-5-20(15-18)26-9-7-25(8-10-26)17-22(28)24-19-4-2-6-21(16-19)32(29,30)27-11-13-31-14-12-27/h1-6,15-16H,7-14,17H2,(H,24,28). The van der Waals surface area contributed by atoms with Crippen molar-refractivity contribution in [1.29, 1.82) is 0 Å². The van der Waals surface area contributed by atoms with E-state index in [-0.39, 0.29) is 17.3 Å². The van der Waals surface area contributed by atoms with Gasteiger partial charge in [-0.2, -0.15) is 4.31 Å². The average Bonchev–Trinajstić information content (AvgIpc) is 2.80. The molecule has 8 nitrogen and oxygen atoms in total. The van der Waals surface area contributed by atoms with Gasteiger partial charge in [-0.15, -0.1) is 0 Å². The molecule has 0 atom stereocenters. The number of morpholine rings is 1. The highest BCUT2D eigenvalue weighted by molar-refractivity contribution is 7.89. The summed E-state index contributed by atoms with van der Waals surface area (Å²) >= 11 is 6.09. The number of sulfonamides is 1. The molecule has 2 aliphatic rings. The first-order valence-corrected chi connectivity index (χ1v) is 12.4. The first kappa shape index (κ1) is 23.0. The minimum atomic E-state index is -3.61. The number of nitrogens with zero attached hydrogens (tertiary/aromatic N) is 3. The Hall–Kier alpha value is -2.17. The number of carbonyl (C=O) groups excluding carboxylic acids is 1. The second-order valence-electron chi connectivity index (χ2n) is 7.84. The van der Waals surface area contributed by atoms with E-state index >= 15 is 0 Å². The zero-order chi connectivity index (χ0) is 22.6. The van der Waals surface area contributed by atoms with Crippen molar-refractivity contribution >= 4 is 38.9 Å². The van der Waals surface area contributed by atoms with Gasteiger partial charge in [0.1, 0.15) is 0 Å². The first-order chi connectivity index (χ1) is 15.4. The summed E-state index contributed by atoms with van der Waals surface area (Å²) in [5, 5.41) is 3.55. The fourth-order valence-corrected chi connectivity index (χ4v) is 5.55. The van der Waals surface area contributed by atoms with Gasteiger partial charge in [-0.05, 0) is 36.4 Å². The molecule has 2 aromatic carbocycles. The van der Waals surface area contributed by atoms with Crippen molar-refractivity contribution < 1.29 is 17.9 Å². The Labute approximate surface area is 193 Å². The van der Waals surface area contributed by atoms with Crippen molar-refractivity contribution in [2.45, 2.75) is 4.90 Å². The highest BCUT2D eigenvalue weighted by Gasteiger charge is 2.26. The first-order valence-electron chi connectivity index (χ1n) is 10.6. The van der Waals surface area contributed by atoms with Gasteiger partial charge in [-0.1, -0.05) is 23.7 Å². The van der Waals surface area contributed by atoms with Gasteiger partial charge in [-0.3, -0.25) is 9.69 Å². The lowest BCUT2D eigenvalue weighted by Gasteiger charge is -2.35. The minimum absolute atomic E-state index is 0.165. The quantitative estimate of drug-likeness (QED) is 0.685. The van der Waals surface area contributed by atoms with E-state index in [2.05, 4.69) is 15.1 Å². The molecule has 32 heavy (non-hydrogen) atoms. The van der Waals surface area contributed by atoms with E-state index in [1.54, 1.807) is 18.2 Å². The number of carbonyl (C=O) groups is 1. The van der Waals surface area contributed by atoms with Gasteiger partial charge in [0, 0.05) is 55.7 Å². The largest absolute Gasteiger partial charge is 0.379 e. The van der Waals surface area contributed by atoms with E-state index in [0.717, 1.165) is 31.9 Å². The molecule has 1 amide bonds. The highest BCUT2D eigenvalue weighted by atomic mass is 35.5. The Morgan fingerprint density at radius 2 is 1.69 bits per heavy atom. The zero-order valence-corrected chi connectivity index (χ0v) is 19.3. The summed E-state index contributed by atoms with van der Waals surface area (Å²) in [7, 11) is -3.61. The second-order valence-corrected chi connectivity index (χ2v) is 10.2. The summed E-state index contributed by atoms with van der Waals surface area (Å²) < 4.78 is 32.3. The number of benzene rings is 2. The van der Waals surface area contributed by atoms with Crippen molar-refractivity contribution in [3.63, 3.8) is 0 Å². The summed E-state index contributed by atoms with van der Waals surface area (Å²) in [4.78, 5) is 17.1. The van der Waals surface area contributed by atoms with Crippen LogP contribution in [-0.2, 0) is 19.6 Å². The highest BCUT2D eigenvalue weighted by Crippen LogP contribution is 2.22. The van der Waals surface area contributed by atoms with Crippen LogP contribution in [0.15, 0.2) is 53.4 Å². The smallest absolute Gasteiger partial charge is 0.243 e. The summed E-state index contributed by atoms with van der Waals surface area (Å²) in [6.07, 6.45) is 0. The monoisotopic (exact) mass is 478 g/mol. The van der Waals surface area contributed by atoms with E-state index in [9.17, 15) is 13.2 Å². The lowest BCUT2D eigenvalue weighted by Crippen LogP contribution is -2.48. The molecule has 0 saturated carbocycles. The van der Waals surface area contributed by atoms with Crippen LogP contribution in [-0.4, -0.2) is 82.6 Å². The second kappa shape index (κ2) is 10.2. The summed E-state index contributed by atoms with van der Waals surface area (Å²) in [5.41, 5.74) is 1.56. The number of halogens is 1. The molecular formula is C22H27ClN4O4S. The van der Waals surface area contributed by atoms with Crippen LogP contribution >= 0.6 is 11.6 Å². The van der Waals surface area contributed by atoms with Crippen LogP contribution in [0.4, 0.5) is 11.4 Å². The Morgan fingerprint density at radius 1 is 0.969 bits per heavy atom. The fourth-order valence-electron chi connectivity index (χ4n) is 3.91. The number of hydrogen-bond donors (Lipinski definition) is 1. The van der Waals surface area contributed by atoms with Crippen LogP contribution in [0, 0.1) is 0 Å². The predicted octanol–water partition coefficient (Wildman–Crippen LogP) is 2.12. The molecule has 0 aliphatic carbocycles. The number of ether oxygens (including phenoxy) is 1. The Bertz CT molecular complexity index is 1050. The van der Waals surface area contributed by atoms with Crippen LogP contribution in [0.3, 0.4) is 0 Å². The van der Waals surface area contributed by atoms with Crippen LogP contribution in [0.1, 0.15) is 0 Å². The molecule has 2 aromatic rings. The molecular weight excluding hydrogens is 452 g/mol. The number of anilines is 2. The lowest BCUT2D eigenvalue weighted by atomic mass is 10.2. The van der Waals surface area contributed by atoms with E-state index in [0.29, 0.717) is 37.0 Å². The predicted molar refractivity (Wildman–Crippen MR) is 125 cm³/mol. The van der Waals surface area contributed by atoms with Gasteiger partial charge in [0.25, 0.3) is 0 Å². The molecule has 0 spiro atoms. The van der Waals surface area contributed by atoms with Crippen LogP contribution < -0.4 is 10.2 Å². The van der Waals surface area contributed by atoms with Crippen molar-refractivity contribution in [1.82, 2.24) is 9.21 Å². The van der Waals surface area contributed by atoms with Gasteiger partial charge in [-0.25, -0.2) is 8.42 Å². The third-order valence-electron chi connectivity index (χ3n) is 5.64. The summed E-state index contributed by atoms with van der Waals surface area (Å²) in [6, 6.07) is 14.2. The van der Waals surface area contributed by atoms with Crippen molar-refractivity contribution in [2.75, 3.05) is 69.2 Å². The number of piperazine rings is 1. The molecule has 2 fully saturated rings. The molecule has 0 aromatic heterocycles. The van der Waals surface area contributed by atoms with Crippen molar-refractivity contribution in [3.8, 4) is 0 Å². The molecule has 2 heterocycles. The molecule has 172 valence electrons. The molecule has 10 heteroatoms. The molecule has 0 radical (unpaired) electrons. The van der Waals surface area contributed by atoms with Crippen LogP contribution in [0.2, 0.25) is 5.02 Å². The summed E-state index contributed by atoms with van der Waals surface area (Å²) in [5.74, 6) is -0.165. The van der Waals surface area contributed by atoms with Gasteiger partial charge < -0.3 is 15.0 Å². The average molecular weight is 479 g/mol. The maximum Gasteiger partial charge on any atom is 0.243 e. The minimum Gasteiger partial charge on any atom is -0.379 e. The van der Waals surface area contributed by atoms with E-state index in [1.807, 2.05) is 24.3 Å². The molecule has 4 rings (SSSR count). The van der Waals surface area contributed by atoms with Gasteiger partial charge in [0.05, 0.1) is 24.7 Å². The maximum atomic E-state index is 12.8. The van der Waals surface area contributed by atoms with E-state index < -0.39 is 10.0 Å². The van der Waals surface area contributed by atoms with Crippen molar-refractivity contribution in [2.24, 2.45) is 0 Å². The maximum absolute atomic E-state index is 12.8. The normalized spacial score (nSPS) is 18.5. The Kier molecular flexibility index (Phi) is 7.32. The van der Waals surface area contributed by atoms with E-state index in [1.165, 1.54) is 10.4 Å². The molecule has 2 aliphatic heterocycles. The molecule has 0 unspecified atom stereocenters. The Balaban J connectivity index is 1.31.